The SMILES string of the molecule is Cc1cc2c(c(-c3ccccn3)c1)OC(CNC(=O)c1ccco1)C2. The number of benzene rings is 1. The molecule has 5 nitrogen and oxygen atoms in total. The fraction of sp³-hybridized carbons (Fsp3) is 0.200. The Hall–Kier alpha value is -3.08. The smallest absolute Gasteiger partial charge is 0.287 e. The number of aromatic nitrogens is 1. The van der Waals surface area contributed by atoms with E-state index in [1.165, 1.54) is 11.8 Å². The maximum Gasteiger partial charge on any atom is 0.287 e. The van der Waals surface area contributed by atoms with E-state index >= 15 is 0 Å². The van der Waals surface area contributed by atoms with Gasteiger partial charge in [0.2, 0.25) is 0 Å². The molecule has 1 unspecified atom stereocenters. The van der Waals surface area contributed by atoms with E-state index in [9.17, 15) is 4.79 Å². The highest BCUT2D eigenvalue weighted by molar-refractivity contribution is 5.91. The molecule has 0 bridgehead atoms. The van der Waals surface area contributed by atoms with E-state index in [0.717, 1.165) is 29.0 Å². The first-order valence-corrected chi connectivity index (χ1v) is 8.24. The minimum absolute atomic E-state index is 0.0989. The third-order valence-electron chi connectivity index (χ3n) is 4.22. The third kappa shape index (κ3) is 3.13. The van der Waals surface area contributed by atoms with Gasteiger partial charge in [0.05, 0.1) is 18.5 Å². The standard InChI is InChI=1S/C20H18N2O3/c1-13-9-14-11-15(12-22-20(23)18-6-4-8-24-18)25-19(14)16(10-13)17-5-2-3-7-21-17/h2-10,15H,11-12H2,1H3,(H,22,23). The molecule has 0 spiro atoms. The molecule has 0 aliphatic carbocycles. The number of rotatable bonds is 4. The first-order chi connectivity index (χ1) is 12.2. The van der Waals surface area contributed by atoms with Crippen molar-refractivity contribution in [1.82, 2.24) is 10.3 Å². The molecular weight excluding hydrogens is 316 g/mol. The van der Waals surface area contributed by atoms with E-state index in [4.69, 9.17) is 9.15 Å². The van der Waals surface area contributed by atoms with Crippen molar-refractivity contribution in [2.24, 2.45) is 0 Å². The molecule has 0 radical (unpaired) electrons. The van der Waals surface area contributed by atoms with Crippen LogP contribution < -0.4 is 10.1 Å². The van der Waals surface area contributed by atoms with Gasteiger partial charge in [-0.05, 0) is 48.4 Å². The number of furan rings is 1. The normalized spacial score (nSPS) is 15.5. The Morgan fingerprint density at radius 3 is 2.96 bits per heavy atom. The monoisotopic (exact) mass is 334 g/mol. The maximum atomic E-state index is 12.0. The van der Waals surface area contributed by atoms with E-state index in [0.29, 0.717) is 12.3 Å². The Morgan fingerprint density at radius 2 is 2.20 bits per heavy atom. The van der Waals surface area contributed by atoms with Crippen LogP contribution >= 0.6 is 0 Å². The number of fused-ring (bicyclic) bond motifs is 1. The molecule has 126 valence electrons. The van der Waals surface area contributed by atoms with Crippen LogP contribution in [0.5, 0.6) is 5.75 Å². The van der Waals surface area contributed by atoms with Crippen LogP contribution in [0.3, 0.4) is 0 Å². The second-order valence-electron chi connectivity index (χ2n) is 6.15. The molecule has 1 aromatic carbocycles. The summed E-state index contributed by atoms with van der Waals surface area (Å²) < 4.78 is 11.2. The number of amides is 1. The summed E-state index contributed by atoms with van der Waals surface area (Å²) in [6.45, 7) is 2.49. The quantitative estimate of drug-likeness (QED) is 0.794. The summed E-state index contributed by atoms with van der Waals surface area (Å²) in [7, 11) is 0. The summed E-state index contributed by atoms with van der Waals surface area (Å²) in [6, 6.07) is 13.4. The summed E-state index contributed by atoms with van der Waals surface area (Å²) in [4.78, 5) is 16.4. The average Bonchev–Trinajstić information content (AvgIpc) is 3.29. The van der Waals surface area contributed by atoms with Gasteiger partial charge in [0.25, 0.3) is 5.91 Å². The Kier molecular flexibility index (Phi) is 3.98. The Morgan fingerprint density at radius 1 is 1.28 bits per heavy atom. The minimum Gasteiger partial charge on any atom is -0.487 e. The lowest BCUT2D eigenvalue weighted by Gasteiger charge is -2.13. The molecule has 1 aliphatic rings. The van der Waals surface area contributed by atoms with Gasteiger partial charge in [-0.25, -0.2) is 0 Å². The van der Waals surface area contributed by atoms with Crippen LogP contribution in [0.15, 0.2) is 59.3 Å². The maximum absolute atomic E-state index is 12.0. The van der Waals surface area contributed by atoms with Gasteiger partial charge in [0.1, 0.15) is 11.9 Å². The zero-order chi connectivity index (χ0) is 17.2. The number of hydrogen-bond acceptors (Lipinski definition) is 4. The number of nitrogens with one attached hydrogen (secondary N) is 1. The zero-order valence-corrected chi connectivity index (χ0v) is 13.9. The third-order valence-corrected chi connectivity index (χ3v) is 4.22. The second-order valence-corrected chi connectivity index (χ2v) is 6.15. The van der Waals surface area contributed by atoms with Gasteiger partial charge in [-0.2, -0.15) is 0 Å². The number of carbonyl (C=O) groups excluding carboxylic acids is 1. The van der Waals surface area contributed by atoms with Crippen molar-refractivity contribution >= 4 is 5.91 Å². The van der Waals surface area contributed by atoms with Crippen LogP contribution in [-0.2, 0) is 6.42 Å². The number of nitrogens with zero attached hydrogens (tertiary/aromatic N) is 1. The number of carbonyl (C=O) groups is 1. The van der Waals surface area contributed by atoms with Crippen molar-refractivity contribution < 1.29 is 13.9 Å². The van der Waals surface area contributed by atoms with Crippen LogP contribution in [0.1, 0.15) is 21.7 Å². The van der Waals surface area contributed by atoms with Crippen molar-refractivity contribution in [2.45, 2.75) is 19.4 Å². The summed E-state index contributed by atoms with van der Waals surface area (Å²) in [5.74, 6) is 0.938. The van der Waals surface area contributed by atoms with Crippen molar-refractivity contribution in [2.75, 3.05) is 6.54 Å². The van der Waals surface area contributed by atoms with Crippen molar-refractivity contribution in [3.05, 3.63) is 71.8 Å². The highest BCUT2D eigenvalue weighted by Gasteiger charge is 2.27. The average molecular weight is 334 g/mol. The van der Waals surface area contributed by atoms with Gasteiger partial charge in [0.15, 0.2) is 5.76 Å². The Labute approximate surface area is 145 Å². The molecule has 2 aromatic heterocycles. The zero-order valence-electron chi connectivity index (χ0n) is 13.9. The first-order valence-electron chi connectivity index (χ1n) is 8.24. The molecule has 0 saturated carbocycles. The van der Waals surface area contributed by atoms with Crippen LogP contribution in [-0.4, -0.2) is 23.5 Å². The molecule has 0 saturated heterocycles. The molecule has 25 heavy (non-hydrogen) atoms. The number of hydrogen-bond donors (Lipinski definition) is 1. The molecule has 1 atom stereocenters. The van der Waals surface area contributed by atoms with Crippen LogP contribution in [0.2, 0.25) is 0 Å². The molecule has 5 heteroatoms. The summed E-state index contributed by atoms with van der Waals surface area (Å²) >= 11 is 0. The van der Waals surface area contributed by atoms with Crippen LogP contribution in [0.25, 0.3) is 11.3 Å². The van der Waals surface area contributed by atoms with E-state index in [2.05, 4.69) is 29.4 Å². The summed E-state index contributed by atoms with van der Waals surface area (Å²) in [6.07, 6.45) is 3.92. The van der Waals surface area contributed by atoms with E-state index in [1.54, 1.807) is 18.3 Å². The predicted molar refractivity (Wildman–Crippen MR) is 93.6 cm³/mol. The molecule has 3 aromatic rings. The molecule has 1 N–H and O–H groups in total. The molecule has 4 rings (SSSR count). The van der Waals surface area contributed by atoms with E-state index in [-0.39, 0.29) is 12.0 Å². The molecular formula is C20H18N2O3. The van der Waals surface area contributed by atoms with Gasteiger partial charge >= 0.3 is 0 Å². The predicted octanol–water partition coefficient (Wildman–Crippen LogP) is 3.38. The van der Waals surface area contributed by atoms with E-state index < -0.39 is 0 Å². The topological polar surface area (TPSA) is 64.4 Å². The van der Waals surface area contributed by atoms with Crippen LogP contribution in [0, 0.1) is 6.92 Å². The van der Waals surface area contributed by atoms with Crippen LogP contribution in [0.4, 0.5) is 0 Å². The Bertz CT molecular complexity index is 889. The van der Waals surface area contributed by atoms with Crippen molar-refractivity contribution in [3.63, 3.8) is 0 Å². The molecule has 0 fully saturated rings. The lowest BCUT2D eigenvalue weighted by atomic mass is 10.0. The minimum atomic E-state index is -0.231. The molecule has 3 heterocycles. The molecule has 1 amide bonds. The highest BCUT2D eigenvalue weighted by atomic mass is 16.5. The Balaban J connectivity index is 1.51. The molecule has 1 aliphatic heterocycles. The number of aryl methyl sites for hydroxylation is 1. The second kappa shape index (κ2) is 6.43. The van der Waals surface area contributed by atoms with Crippen molar-refractivity contribution in [3.8, 4) is 17.0 Å². The van der Waals surface area contributed by atoms with Gasteiger partial charge in [-0.1, -0.05) is 12.1 Å². The summed E-state index contributed by atoms with van der Waals surface area (Å²) in [5.41, 5.74) is 4.21. The van der Waals surface area contributed by atoms with Gasteiger partial charge in [0, 0.05) is 18.2 Å². The number of ether oxygens (including phenoxy) is 1. The lowest BCUT2D eigenvalue weighted by Crippen LogP contribution is -2.34. The largest absolute Gasteiger partial charge is 0.487 e. The van der Waals surface area contributed by atoms with Gasteiger partial charge < -0.3 is 14.5 Å². The van der Waals surface area contributed by atoms with Gasteiger partial charge in [-0.3, -0.25) is 9.78 Å². The van der Waals surface area contributed by atoms with Gasteiger partial charge in [-0.15, -0.1) is 0 Å². The lowest BCUT2D eigenvalue weighted by molar-refractivity contribution is 0.0906. The fourth-order valence-corrected chi connectivity index (χ4v) is 3.12. The highest BCUT2D eigenvalue weighted by Crippen LogP contribution is 2.39. The fourth-order valence-electron chi connectivity index (χ4n) is 3.12. The first kappa shape index (κ1) is 15.4. The summed E-state index contributed by atoms with van der Waals surface area (Å²) in [5, 5.41) is 2.86. The van der Waals surface area contributed by atoms with Crippen molar-refractivity contribution in [1.29, 1.82) is 0 Å². The van der Waals surface area contributed by atoms with E-state index in [1.807, 2.05) is 18.2 Å². The number of pyridine rings is 1.